The highest BCUT2D eigenvalue weighted by molar-refractivity contribution is 7.89. The Morgan fingerprint density at radius 2 is 1.76 bits per heavy atom. The summed E-state index contributed by atoms with van der Waals surface area (Å²) in [4.78, 5) is 0. The largest absolute Gasteiger partial charge is 0.301 e. The van der Waals surface area contributed by atoms with Gasteiger partial charge in [-0.25, -0.2) is 13.6 Å². The van der Waals surface area contributed by atoms with Gasteiger partial charge < -0.3 is 4.57 Å². The molecule has 0 saturated heterocycles. The zero-order valence-corrected chi connectivity index (χ0v) is 14.2. The summed E-state index contributed by atoms with van der Waals surface area (Å²) in [5.41, 5.74) is 0.329. The highest BCUT2D eigenvalue weighted by atomic mass is 32.2. The molecule has 0 unspecified atom stereocenters. The first-order valence-electron chi connectivity index (χ1n) is 7.60. The average molecular weight is 314 g/mol. The van der Waals surface area contributed by atoms with Crippen molar-refractivity contribution >= 4 is 10.0 Å². The minimum absolute atomic E-state index is 0.113. The van der Waals surface area contributed by atoms with Crippen LogP contribution in [0.3, 0.4) is 0 Å². The monoisotopic (exact) mass is 314 g/mol. The number of nitrogens with two attached hydrogens (primary N) is 1. The Morgan fingerprint density at radius 3 is 2.19 bits per heavy atom. The lowest BCUT2D eigenvalue weighted by Crippen LogP contribution is -2.26. The molecule has 0 spiro atoms. The molecule has 2 rings (SSSR count). The molecule has 2 N–H and O–H groups in total. The van der Waals surface area contributed by atoms with Crippen LogP contribution in [0.15, 0.2) is 5.16 Å². The Hall–Kier alpha value is -0.950. The van der Waals surface area contributed by atoms with Crippen LogP contribution in [0.1, 0.15) is 65.1 Å². The van der Waals surface area contributed by atoms with Crippen LogP contribution >= 0.6 is 0 Å². The molecule has 7 heteroatoms. The van der Waals surface area contributed by atoms with E-state index in [9.17, 15) is 8.42 Å². The number of hydrogen-bond acceptors (Lipinski definition) is 4. The molecule has 1 fully saturated rings. The fourth-order valence-electron chi connectivity index (χ4n) is 3.33. The van der Waals surface area contributed by atoms with E-state index in [-0.39, 0.29) is 11.1 Å². The number of nitrogens with zero attached hydrogens (tertiary/aromatic N) is 3. The van der Waals surface area contributed by atoms with E-state index in [0.717, 1.165) is 31.5 Å². The first kappa shape index (κ1) is 16.4. The Kier molecular flexibility index (Phi) is 4.44. The molecule has 0 bridgehead atoms. The summed E-state index contributed by atoms with van der Waals surface area (Å²) < 4.78 is 24.7. The predicted octanol–water partition coefficient (Wildman–Crippen LogP) is 2.27. The third-order valence-corrected chi connectivity index (χ3v) is 5.44. The van der Waals surface area contributed by atoms with Gasteiger partial charge in [0.25, 0.3) is 15.2 Å². The lowest BCUT2D eigenvalue weighted by molar-refractivity contribution is 0.166. The number of aromatic nitrogens is 3. The summed E-state index contributed by atoms with van der Waals surface area (Å²) in [5, 5.41) is 13.0. The molecule has 1 aromatic heterocycles. The third-order valence-electron chi connectivity index (χ3n) is 4.63. The second-order valence-corrected chi connectivity index (χ2v) is 8.50. The van der Waals surface area contributed by atoms with Crippen LogP contribution in [-0.2, 0) is 16.6 Å². The van der Waals surface area contributed by atoms with Crippen LogP contribution in [0.25, 0.3) is 0 Å². The summed E-state index contributed by atoms with van der Waals surface area (Å²) in [6, 6.07) is 0. The highest BCUT2D eigenvalue weighted by Crippen LogP contribution is 2.42. The van der Waals surface area contributed by atoms with Gasteiger partial charge in [0.1, 0.15) is 5.82 Å². The Balaban J connectivity index is 2.20. The van der Waals surface area contributed by atoms with Crippen molar-refractivity contribution < 1.29 is 8.42 Å². The molecule has 120 valence electrons. The van der Waals surface area contributed by atoms with Crippen LogP contribution in [0.4, 0.5) is 0 Å². The van der Waals surface area contributed by atoms with Crippen molar-refractivity contribution in [3.05, 3.63) is 5.82 Å². The van der Waals surface area contributed by atoms with Gasteiger partial charge >= 0.3 is 0 Å². The predicted molar refractivity (Wildman–Crippen MR) is 81.2 cm³/mol. The normalized spacial score (nSPS) is 24.2. The average Bonchev–Trinajstić information content (AvgIpc) is 2.81. The summed E-state index contributed by atoms with van der Waals surface area (Å²) in [5.74, 6) is 1.77. The number of rotatable bonds is 3. The van der Waals surface area contributed by atoms with Crippen molar-refractivity contribution in [1.29, 1.82) is 0 Å². The summed E-state index contributed by atoms with van der Waals surface area (Å²) in [6.07, 6.45) is 4.36. The SMILES string of the molecule is CCn1c(C2CCC(C(C)(C)C)CC2)nnc1S(N)(=O)=O. The van der Waals surface area contributed by atoms with Gasteiger partial charge in [-0.05, 0) is 43.9 Å². The van der Waals surface area contributed by atoms with Gasteiger partial charge in [0, 0.05) is 12.5 Å². The third kappa shape index (κ3) is 3.45. The molecular weight excluding hydrogens is 288 g/mol. The lowest BCUT2D eigenvalue weighted by Gasteiger charge is -2.36. The van der Waals surface area contributed by atoms with Crippen LogP contribution in [0, 0.1) is 11.3 Å². The molecule has 0 radical (unpaired) electrons. The van der Waals surface area contributed by atoms with E-state index in [0.29, 0.717) is 17.9 Å². The first-order valence-corrected chi connectivity index (χ1v) is 9.15. The van der Waals surface area contributed by atoms with Crippen LogP contribution in [-0.4, -0.2) is 23.2 Å². The maximum Gasteiger partial charge on any atom is 0.273 e. The summed E-state index contributed by atoms with van der Waals surface area (Å²) in [7, 11) is -3.81. The zero-order valence-electron chi connectivity index (χ0n) is 13.3. The van der Waals surface area contributed by atoms with Gasteiger partial charge in [-0.15, -0.1) is 10.2 Å². The van der Waals surface area contributed by atoms with E-state index < -0.39 is 10.0 Å². The van der Waals surface area contributed by atoms with Crippen molar-refractivity contribution in [1.82, 2.24) is 14.8 Å². The first-order chi connectivity index (χ1) is 9.64. The Labute approximate surface area is 127 Å². The maximum absolute atomic E-state index is 11.5. The standard InChI is InChI=1S/C14H26N4O2S/c1-5-18-12(16-17-13(18)21(15,19)20)10-6-8-11(9-7-10)14(2,3)4/h10-11H,5-9H2,1-4H3,(H2,15,19,20). The number of hydrogen-bond donors (Lipinski definition) is 1. The molecule has 1 aliphatic carbocycles. The fourth-order valence-corrected chi connectivity index (χ4v) is 4.01. The summed E-state index contributed by atoms with van der Waals surface area (Å²) >= 11 is 0. The van der Waals surface area contributed by atoms with Gasteiger partial charge in [0.15, 0.2) is 0 Å². The Bertz CT molecular complexity index is 593. The van der Waals surface area contributed by atoms with Crippen LogP contribution in [0.2, 0.25) is 0 Å². The van der Waals surface area contributed by atoms with Crippen molar-refractivity contribution in [3.8, 4) is 0 Å². The van der Waals surface area contributed by atoms with Crippen molar-refractivity contribution in [2.75, 3.05) is 0 Å². The van der Waals surface area contributed by atoms with Gasteiger partial charge in [-0.3, -0.25) is 0 Å². The van der Waals surface area contributed by atoms with Crippen molar-refractivity contribution in [2.45, 2.75) is 71.0 Å². The molecule has 1 heterocycles. The topological polar surface area (TPSA) is 90.9 Å². The molecule has 0 aliphatic heterocycles. The molecule has 1 aromatic rings. The van der Waals surface area contributed by atoms with E-state index >= 15 is 0 Å². The Morgan fingerprint density at radius 1 is 1.19 bits per heavy atom. The van der Waals surface area contributed by atoms with Gasteiger partial charge in [0.2, 0.25) is 0 Å². The maximum atomic E-state index is 11.5. The van der Waals surface area contributed by atoms with E-state index in [1.165, 1.54) is 0 Å². The van der Waals surface area contributed by atoms with Gasteiger partial charge in [-0.2, -0.15) is 0 Å². The molecule has 6 nitrogen and oxygen atoms in total. The van der Waals surface area contributed by atoms with E-state index in [4.69, 9.17) is 5.14 Å². The fraction of sp³-hybridized carbons (Fsp3) is 0.857. The minimum Gasteiger partial charge on any atom is -0.301 e. The van der Waals surface area contributed by atoms with E-state index in [1.807, 2.05) is 6.92 Å². The molecule has 21 heavy (non-hydrogen) atoms. The zero-order chi connectivity index (χ0) is 15.8. The minimum atomic E-state index is -3.81. The molecule has 0 atom stereocenters. The number of sulfonamides is 1. The van der Waals surface area contributed by atoms with Gasteiger partial charge in [0.05, 0.1) is 0 Å². The molecule has 1 aliphatic rings. The quantitative estimate of drug-likeness (QED) is 0.926. The van der Waals surface area contributed by atoms with Crippen molar-refractivity contribution in [3.63, 3.8) is 0 Å². The molecule has 1 saturated carbocycles. The smallest absolute Gasteiger partial charge is 0.273 e. The van der Waals surface area contributed by atoms with E-state index in [2.05, 4.69) is 31.0 Å². The second-order valence-electron chi connectivity index (χ2n) is 7.04. The van der Waals surface area contributed by atoms with E-state index in [1.54, 1.807) is 4.57 Å². The van der Waals surface area contributed by atoms with Crippen LogP contribution < -0.4 is 5.14 Å². The molecular formula is C14H26N4O2S. The van der Waals surface area contributed by atoms with Crippen molar-refractivity contribution in [2.24, 2.45) is 16.5 Å². The van der Waals surface area contributed by atoms with Crippen LogP contribution in [0.5, 0.6) is 0 Å². The van der Waals surface area contributed by atoms with Gasteiger partial charge in [-0.1, -0.05) is 20.8 Å². The second kappa shape index (κ2) is 5.68. The molecule has 0 amide bonds. The summed E-state index contributed by atoms with van der Waals surface area (Å²) in [6.45, 7) is 9.26. The lowest BCUT2D eigenvalue weighted by atomic mass is 9.69. The molecule has 0 aromatic carbocycles. The highest BCUT2D eigenvalue weighted by Gasteiger charge is 2.33. The number of primary sulfonamides is 1.